The molecule has 0 bridgehead atoms. The summed E-state index contributed by atoms with van der Waals surface area (Å²) >= 11 is 2.05. The fraction of sp³-hybridized carbons (Fsp3) is 0.333. The third kappa shape index (κ3) is 3.27. The number of aromatic amines is 1. The quantitative estimate of drug-likeness (QED) is 0.807. The number of nitrogens with one attached hydrogen (secondary N) is 1. The lowest BCUT2D eigenvalue weighted by Crippen LogP contribution is -2.21. The van der Waals surface area contributed by atoms with Crippen LogP contribution in [-0.2, 0) is 11.2 Å². The van der Waals surface area contributed by atoms with E-state index in [-0.39, 0.29) is 11.7 Å². The lowest BCUT2D eigenvalue weighted by Gasteiger charge is -2.16. The summed E-state index contributed by atoms with van der Waals surface area (Å²) in [6.07, 6.45) is 1.39. The third-order valence-corrected chi connectivity index (χ3v) is 4.14. The molecule has 0 saturated heterocycles. The number of aromatic nitrogens is 2. The molecule has 106 valence electrons. The minimum Gasteiger partial charge on any atom is -0.369 e. The van der Waals surface area contributed by atoms with E-state index in [9.17, 15) is 4.79 Å². The monoisotopic (exact) mass is 384 g/mol. The third-order valence-electron chi connectivity index (χ3n) is 3.02. The number of methoxy groups -OCH3 is 1. The molecule has 1 aromatic heterocycles. The van der Waals surface area contributed by atoms with Gasteiger partial charge in [-0.1, -0.05) is 43.7 Å². The Hall–Kier alpha value is -1.21. The van der Waals surface area contributed by atoms with Crippen molar-refractivity contribution in [3.05, 3.63) is 61.3 Å². The van der Waals surface area contributed by atoms with Crippen molar-refractivity contribution < 1.29 is 4.74 Å². The van der Waals surface area contributed by atoms with Crippen LogP contribution in [0.2, 0.25) is 0 Å². The van der Waals surface area contributed by atoms with Crippen LogP contribution in [0.15, 0.2) is 35.1 Å². The molecule has 0 saturated carbocycles. The molecule has 1 N–H and O–H groups in total. The molecule has 1 aromatic carbocycles. The lowest BCUT2D eigenvalue weighted by atomic mass is 10.1. The van der Waals surface area contributed by atoms with E-state index in [0.717, 1.165) is 24.1 Å². The maximum Gasteiger partial charge on any atom is 0.264 e. The number of rotatable bonds is 5. The van der Waals surface area contributed by atoms with Crippen LogP contribution in [0.5, 0.6) is 0 Å². The summed E-state index contributed by atoms with van der Waals surface area (Å²) in [6.45, 7) is 2.07. The first-order valence-corrected chi connectivity index (χ1v) is 7.61. The maximum absolute atomic E-state index is 12.0. The smallest absolute Gasteiger partial charge is 0.264 e. The van der Waals surface area contributed by atoms with Gasteiger partial charge in [-0.3, -0.25) is 4.79 Å². The Balaban J connectivity index is 2.48. The van der Waals surface area contributed by atoms with E-state index in [1.807, 2.05) is 52.9 Å². The number of halogens is 1. The van der Waals surface area contributed by atoms with Gasteiger partial charge in [0.2, 0.25) is 0 Å². The molecule has 2 rings (SSSR count). The predicted octanol–water partition coefficient (Wildman–Crippen LogP) is 3.06. The van der Waals surface area contributed by atoms with Crippen molar-refractivity contribution in [2.24, 2.45) is 0 Å². The molecule has 1 unspecified atom stereocenters. The van der Waals surface area contributed by atoms with Gasteiger partial charge >= 0.3 is 0 Å². The van der Waals surface area contributed by atoms with Gasteiger partial charge in [0, 0.05) is 7.11 Å². The molecule has 5 heteroatoms. The summed E-state index contributed by atoms with van der Waals surface area (Å²) in [5, 5.41) is 0. The summed E-state index contributed by atoms with van der Waals surface area (Å²) in [5.74, 6) is 0.563. The van der Waals surface area contributed by atoms with E-state index in [0.29, 0.717) is 9.39 Å². The van der Waals surface area contributed by atoms with Gasteiger partial charge in [0.05, 0.1) is 9.26 Å². The number of ether oxygens (including phenoxy) is 1. The second-order valence-corrected chi connectivity index (χ2v) is 5.57. The van der Waals surface area contributed by atoms with Crippen LogP contribution in [-0.4, -0.2) is 17.1 Å². The van der Waals surface area contributed by atoms with Gasteiger partial charge < -0.3 is 9.72 Å². The fourth-order valence-corrected chi connectivity index (χ4v) is 2.61. The van der Waals surface area contributed by atoms with Crippen LogP contribution < -0.4 is 5.56 Å². The minimum absolute atomic E-state index is 0.1000. The van der Waals surface area contributed by atoms with Crippen LogP contribution >= 0.6 is 22.6 Å². The normalized spacial score (nSPS) is 12.3. The van der Waals surface area contributed by atoms with Gasteiger partial charge in [-0.25, -0.2) is 4.98 Å². The van der Waals surface area contributed by atoms with E-state index in [2.05, 4.69) is 16.9 Å². The number of H-pyrrole nitrogens is 1. The number of hydrogen-bond donors (Lipinski definition) is 1. The summed E-state index contributed by atoms with van der Waals surface area (Å²) in [6, 6.07) is 9.76. The molecule has 4 nitrogen and oxygen atoms in total. The average molecular weight is 384 g/mol. The van der Waals surface area contributed by atoms with E-state index >= 15 is 0 Å². The largest absolute Gasteiger partial charge is 0.369 e. The molecule has 0 aliphatic rings. The molecule has 0 fully saturated rings. The SMILES string of the molecule is CCCc1nc(C(OC)c2ccccc2)[nH]c(=O)c1I. The summed E-state index contributed by atoms with van der Waals surface area (Å²) in [4.78, 5) is 19.4. The molecule has 1 heterocycles. The first kappa shape index (κ1) is 15.2. The van der Waals surface area contributed by atoms with Crippen LogP contribution in [0, 0.1) is 3.57 Å². The second-order valence-electron chi connectivity index (χ2n) is 4.49. The highest BCUT2D eigenvalue weighted by Crippen LogP contribution is 2.22. The van der Waals surface area contributed by atoms with Gasteiger partial charge in [0.1, 0.15) is 11.9 Å². The Morgan fingerprint density at radius 1 is 1.35 bits per heavy atom. The zero-order valence-electron chi connectivity index (χ0n) is 11.5. The lowest BCUT2D eigenvalue weighted by molar-refractivity contribution is 0.128. The Kier molecular flexibility index (Phi) is 5.31. The highest BCUT2D eigenvalue weighted by Gasteiger charge is 2.18. The Labute approximate surface area is 131 Å². The second kappa shape index (κ2) is 6.99. The van der Waals surface area contributed by atoms with Gasteiger partial charge in [-0.05, 0) is 34.6 Å². The molecule has 0 spiro atoms. The Bertz CT molecular complexity index is 626. The molecule has 0 radical (unpaired) electrons. The standard InChI is InChI=1S/C15H17IN2O2/c1-3-7-11-12(16)15(19)18-14(17-11)13(20-2)10-8-5-4-6-9-10/h4-6,8-9,13H,3,7H2,1-2H3,(H,17,18,19). The maximum atomic E-state index is 12.0. The number of benzene rings is 1. The summed E-state index contributed by atoms with van der Waals surface area (Å²) in [7, 11) is 1.62. The molecule has 2 aromatic rings. The molecular weight excluding hydrogens is 367 g/mol. The average Bonchev–Trinajstić information content (AvgIpc) is 2.46. The highest BCUT2D eigenvalue weighted by atomic mass is 127. The van der Waals surface area contributed by atoms with Crippen molar-refractivity contribution >= 4 is 22.6 Å². The van der Waals surface area contributed by atoms with Crippen molar-refractivity contribution in [1.82, 2.24) is 9.97 Å². The molecule has 0 aliphatic carbocycles. The Morgan fingerprint density at radius 3 is 2.65 bits per heavy atom. The van der Waals surface area contributed by atoms with Crippen molar-refractivity contribution in [2.75, 3.05) is 7.11 Å². The number of nitrogens with zero attached hydrogens (tertiary/aromatic N) is 1. The molecule has 0 aliphatic heterocycles. The van der Waals surface area contributed by atoms with Crippen molar-refractivity contribution in [2.45, 2.75) is 25.9 Å². The Morgan fingerprint density at radius 2 is 2.05 bits per heavy atom. The zero-order valence-corrected chi connectivity index (χ0v) is 13.7. The molecular formula is C15H17IN2O2. The molecule has 1 atom stereocenters. The summed E-state index contributed by atoms with van der Waals surface area (Å²) in [5.41, 5.74) is 1.71. The summed E-state index contributed by atoms with van der Waals surface area (Å²) < 4.78 is 6.18. The van der Waals surface area contributed by atoms with E-state index in [1.54, 1.807) is 7.11 Å². The molecule has 20 heavy (non-hydrogen) atoms. The number of hydrogen-bond acceptors (Lipinski definition) is 3. The van der Waals surface area contributed by atoms with E-state index in [1.165, 1.54) is 0 Å². The van der Waals surface area contributed by atoms with Crippen molar-refractivity contribution in [3.63, 3.8) is 0 Å². The zero-order chi connectivity index (χ0) is 14.5. The first-order chi connectivity index (χ1) is 9.67. The topological polar surface area (TPSA) is 55.0 Å². The van der Waals surface area contributed by atoms with Gasteiger partial charge in [-0.15, -0.1) is 0 Å². The fourth-order valence-electron chi connectivity index (χ4n) is 2.08. The number of aryl methyl sites for hydroxylation is 1. The van der Waals surface area contributed by atoms with Crippen molar-refractivity contribution in [1.29, 1.82) is 0 Å². The van der Waals surface area contributed by atoms with E-state index < -0.39 is 0 Å². The highest BCUT2D eigenvalue weighted by molar-refractivity contribution is 14.1. The van der Waals surface area contributed by atoms with Crippen molar-refractivity contribution in [3.8, 4) is 0 Å². The van der Waals surface area contributed by atoms with Crippen LogP contribution in [0.3, 0.4) is 0 Å². The molecule has 0 amide bonds. The van der Waals surface area contributed by atoms with Crippen LogP contribution in [0.1, 0.15) is 36.5 Å². The first-order valence-electron chi connectivity index (χ1n) is 6.53. The predicted molar refractivity (Wildman–Crippen MR) is 86.9 cm³/mol. The van der Waals surface area contributed by atoms with Gasteiger partial charge in [0.15, 0.2) is 0 Å². The van der Waals surface area contributed by atoms with E-state index in [4.69, 9.17) is 4.74 Å². The van der Waals surface area contributed by atoms with Crippen LogP contribution in [0.25, 0.3) is 0 Å². The van der Waals surface area contributed by atoms with Gasteiger partial charge in [-0.2, -0.15) is 0 Å². The van der Waals surface area contributed by atoms with Crippen LogP contribution in [0.4, 0.5) is 0 Å². The minimum atomic E-state index is -0.350. The van der Waals surface area contributed by atoms with Gasteiger partial charge in [0.25, 0.3) is 5.56 Å².